The van der Waals surface area contributed by atoms with Crippen LogP contribution in [0.3, 0.4) is 0 Å². The first-order chi connectivity index (χ1) is 12.7. The first kappa shape index (κ1) is 16.4. The summed E-state index contributed by atoms with van der Waals surface area (Å²) in [6, 6.07) is 16.3. The van der Waals surface area contributed by atoms with E-state index in [2.05, 4.69) is 43.7 Å². The summed E-state index contributed by atoms with van der Waals surface area (Å²) in [6.45, 7) is 3.84. The van der Waals surface area contributed by atoms with Gasteiger partial charge < -0.3 is 0 Å². The standard InChI is InChI=1S/C20H17N5S/c1-13(16-9-6-10-21-12-16)24-25-19-17-11-18(15-7-4-3-5-8-15)26-20(17)23-14(2)22-19/h3-12H,1-2H3,(H,22,23,25)/b24-13+. The number of nitrogens with zero attached hydrogens (tertiary/aromatic N) is 4. The smallest absolute Gasteiger partial charge is 0.158 e. The number of pyridine rings is 1. The molecule has 0 aliphatic heterocycles. The Morgan fingerprint density at radius 2 is 1.92 bits per heavy atom. The monoisotopic (exact) mass is 359 g/mol. The highest BCUT2D eigenvalue weighted by molar-refractivity contribution is 7.21. The Labute approximate surface area is 155 Å². The van der Waals surface area contributed by atoms with Crippen molar-refractivity contribution in [2.24, 2.45) is 5.10 Å². The van der Waals surface area contributed by atoms with E-state index in [0.717, 1.165) is 32.2 Å². The number of nitrogens with one attached hydrogen (secondary N) is 1. The van der Waals surface area contributed by atoms with Crippen LogP contribution in [0.1, 0.15) is 18.3 Å². The van der Waals surface area contributed by atoms with Crippen molar-refractivity contribution in [2.45, 2.75) is 13.8 Å². The third kappa shape index (κ3) is 3.32. The van der Waals surface area contributed by atoms with Gasteiger partial charge in [0.25, 0.3) is 0 Å². The van der Waals surface area contributed by atoms with Gasteiger partial charge in [-0.1, -0.05) is 36.4 Å². The Morgan fingerprint density at radius 1 is 1.08 bits per heavy atom. The Kier molecular flexibility index (Phi) is 4.41. The van der Waals surface area contributed by atoms with Crippen LogP contribution in [0.4, 0.5) is 5.82 Å². The second kappa shape index (κ2) is 7.01. The van der Waals surface area contributed by atoms with Gasteiger partial charge in [0.05, 0.1) is 11.1 Å². The van der Waals surface area contributed by atoms with Gasteiger partial charge >= 0.3 is 0 Å². The molecule has 0 amide bonds. The average molecular weight is 359 g/mol. The SMILES string of the molecule is C/C(=N\Nc1nc(C)nc2sc(-c3ccccc3)cc12)c1cccnc1. The number of hydrazone groups is 1. The fraction of sp³-hybridized carbons (Fsp3) is 0.100. The van der Waals surface area contributed by atoms with E-state index in [4.69, 9.17) is 0 Å². The lowest BCUT2D eigenvalue weighted by molar-refractivity contribution is 1.08. The maximum Gasteiger partial charge on any atom is 0.158 e. The van der Waals surface area contributed by atoms with Crippen molar-refractivity contribution in [2.75, 3.05) is 5.43 Å². The zero-order chi connectivity index (χ0) is 17.9. The van der Waals surface area contributed by atoms with E-state index in [1.54, 1.807) is 23.7 Å². The van der Waals surface area contributed by atoms with Crippen LogP contribution in [-0.2, 0) is 0 Å². The Morgan fingerprint density at radius 3 is 2.69 bits per heavy atom. The third-order valence-corrected chi connectivity index (χ3v) is 5.05. The molecule has 0 radical (unpaired) electrons. The van der Waals surface area contributed by atoms with Crippen molar-refractivity contribution < 1.29 is 0 Å². The highest BCUT2D eigenvalue weighted by atomic mass is 32.1. The number of anilines is 1. The molecule has 3 aromatic heterocycles. The number of hydrogen-bond acceptors (Lipinski definition) is 6. The van der Waals surface area contributed by atoms with Crippen LogP contribution in [0.2, 0.25) is 0 Å². The summed E-state index contributed by atoms with van der Waals surface area (Å²) in [6.07, 6.45) is 3.54. The van der Waals surface area contributed by atoms with Gasteiger partial charge in [-0.25, -0.2) is 9.97 Å². The summed E-state index contributed by atoms with van der Waals surface area (Å²) in [5, 5.41) is 5.45. The Hall–Kier alpha value is -3.12. The van der Waals surface area contributed by atoms with Gasteiger partial charge in [-0.2, -0.15) is 5.10 Å². The van der Waals surface area contributed by atoms with E-state index < -0.39 is 0 Å². The number of rotatable bonds is 4. The van der Waals surface area contributed by atoms with E-state index in [-0.39, 0.29) is 0 Å². The van der Waals surface area contributed by atoms with Crippen LogP contribution < -0.4 is 5.43 Å². The van der Waals surface area contributed by atoms with Gasteiger partial charge in [0.2, 0.25) is 0 Å². The normalized spacial score (nSPS) is 11.7. The molecule has 128 valence electrons. The van der Waals surface area contributed by atoms with E-state index >= 15 is 0 Å². The van der Waals surface area contributed by atoms with E-state index in [0.29, 0.717) is 5.82 Å². The average Bonchev–Trinajstić information content (AvgIpc) is 3.11. The van der Waals surface area contributed by atoms with Gasteiger partial charge in [0.15, 0.2) is 5.82 Å². The van der Waals surface area contributed by atoms with Crippen molar-refractivity contribution >= 4 is 33.1 Å². The molecular formula is C20H17N5S. The second-order valence-corrected chi connectivity index (χ2v) is 6.90. The highest BCUT2D eigenvalue weighted by Crippen LogP contribution is 2.35. The van der Waals surface area contributed by atoms with E-state index in [1.807, 2.05) is 44.2 Å². The predicted molar refractivity (Wildman–Crippen MR) is 108 cm³/mol. The van der Waals surface area contributed by atoms with Crippen LogP contribution in [0, 0.1) is 6.92 Å². The lowest BCUT2D eigenvalue weighted by Crippen LogP contribution is -2.02. The van der Waals surface area contributed by atoms with Crippen LogP contribution in [0.15, 0.2) is 66.0 Å². The molecule has 4 rings (SSSR count). The predicted octanol–water partition coefficient (Wildman–Crippen LogP) is 4.90. The minimum Gasteiger partial charge on any atom is -0.264 e. The molecule has 0 fully saturated rings. The highest BCUT2D eigenvalue weighted by Gasteiger charge is 2.11. The van der Waals surface area contributed by atoms with Crippen LogP contribution in [0.25, 0.3) is 20.7 Å². The van der Waals surface area contributed by atoms with Gasteiger partial charge in [-0.3, -0.25) is 10.4 Å². The number of aryl methyl sites for hydroxylation is 1. The molecule has 1 N–H and O–H groups in total. The summed E-state index contributed by atoms with van der Waals surface area (Å²) in [7, 11) is 0. The van der Waals surface area contributed by atoms with Crippen molar-refractivity contribution in [3.05, 3.63) is 72.3 Å². The lowest BCUT2D eigenvalue weighted by Gasteiger charge is -2.04. The topological polar surface area (TPSA) is 63.1 Å². The number of benzene rings is 1. The lowest BCUT2D eigenvalue weighted by atomic mass is 10.2. The zero-order valence-corrected chi connectivity index (χ0v) is 15.3. The molecule has 0 aliphatic rings. The number of thiophene rings is 1. The molecule has 0 unspecified atom stereocenters. The second-order valence-electron chi connectivity index (χ2n) is 5.87. The summed E-state index contributed by atoms with van der Waals surface area (Å²) in [4.78, 5) is 15.4. The molecule has 0 saturated heterocycles. The van der Waals surface area contributed by atoms with Gasteiger partial charge in [-0.05, 0) is 31.5 Å². The van der Waals surface area contributed by atoms with Gasteiger partial charge in [0.1, 0.15) is 10.7 Å². The van der Waals surface area contributed by atoms with Crippen molar-refractivity contribution in [1.29, 1.82) is 0 Å². The maximum atomic E-state index is 4.58. The fourth-order valence-corrected chi connectivity index (χ4v) is 3.72. The minimum atomic E-state index is 0.717. The van der Waals surface area contributed by atoms with Gasteiger partial charge in [-0.15, -0.1) is 11.3 Å². The molecule has 0 atom stereocenters. The summed E-state index contributed by atoms with van der Waals surface area (Å²) in [5.74, 6) is 1.44. The Bertz CT molecular complexity index is 1070. The molecule has 6 heteroatoms. The Balaban J connectivity index is 1.72. The molecule has 0 spiro atoms. The molecular weight excluding hydrogens is 342 g/mol. The number of hydrogen-bond donors (Lipinski definition) is 1. The number of aromatic nitrogens is 3. The van der Waals surface area contributed by atoms with Crippen LogP contribution in [-0.4, -0.2) is 20.7 Å². The summed E-state index contributed by atoms with van der Waals surface area (Å²) in [5.41, 5.74) is 6.10. The molecule has 3 heterocycles. The quantitative estimate of drug-likeness (QED) is 0.416. The third-order valence-electron chi connectivity index (χ3n) is 3.97. The first-order valence-electron chi connectivity index (χ1n) is 8.25. The van der Waals surface area contributed by atoms with Crippen molar-refractivity contribution in [3.63, 3.8) is 0 Å². The van der Waals surface area contributed by atoms with Crippen molar-refractivity contribution in [3.8, 4) is 10.4 Å². The zero-order valence-electron chi connectivity index (χ0n) is 14.5. The molecule has 4 aromatic rings. The van der Waals surface area contributed by atoms with Crippen LogP contribution in [0.5, 0.6) is 0 Å². The van der Waals surface area contributed by atoms with Gasteiger partial charge in [0, 0.05) is 22.8 Å². The fourth-order valence-electron chi connectivity index (χ4n) is 2.64. The van der Waals surface area contributed by atoms with Crippen molar-refractivity contribution in [1.82, 2.24) is 15.0 Å². The molecule has 5 nitrogen and oxygen atoms in total. The molecule has 26 heavy (non-hydrogen) atoms. The molecule has 1 aromatic carbocycles. The van der Waals surface area contributed by atoms with Crippen LogP contribution >= 0.6 is 11.3 Å². The summed E-state index contributed by atoms with van der Waals surface area (Å²) < 4.78 is 0. The number of fused-ring (bicyclic) bond motifs is 1. The molecule has 0 aliphatic carbocycles. The van der Waals surface area contributed by atoms with E-state index in [1.165, 1.54) is 5.56 Å². The summed E-state index contributed by atoms with van der Waals surface area (Å²) >= 11 is 1.66. The largest absolute Gasteiger partial charge is 0.264 e. The minimum absolute atomic E-state index is 0.717. The molecule has 0 saturated carbocycles. The van der Waals surface area contributed by atoms with E-state index in [9.17, 15) is 0 Å². The maximum absolute atomic E-state index is 4.58. The molecule has 0 bridgehead atoms. The first-order valence-corrected chi connectivity index (χ1v) is 9.06.